The Hall–Kier alpha value is -2.69. The third kappa shape index (κ3) is 2.07. The Bertz CT molecular complexity index is 950. The Kier molecular flexibility index (Phi) is 2.97. The molecule has 0 saturated carbocycles. The van der Waals surface area contributed by atoms with Gasteiger partial charge in [0.2, 0.25) is 0 Å². The van der Waals surface area contributed by atoms with Crippen LogP contribution in [0.3, 0.4) is 0 Å². The predicted octanol–water partition coefficient (Wildman–Crippen LogP) is 1.61. The molecule has 3 rings (SSSR count). The number of hydrogen-bond donors (Lipinski definition) is 0. The van der Waals surface area contributed by atoms with Crippen molar-refractivity contribution >= 4 is 11.0 Å². The van der Waals surface area contributed by atoms with Crippen LogP contribution in [0.15, 0.2) is 46.0 Å². The van der Waals surface area contributed by atoms with Gasteiger partial charge in [-0.1, -0.05) is 29.8 Å². The highest BCUT2D eigenvalue weighted by Crippen LogP contribution is 2.19. The Morgan fingerprint density at radius 1 is 0.905 bits per heavy atom. The van der Waals surface area contributed by atoms with Crippen molar-refractivity contribution < 1.29 is 0 Å². The largest absolute Gasteiger partial charge is 0.331 e. The van der Waals surface area contributed by atoms with Crippen LogP contribution in [0.25, 0.3) is 22.3 Å². The average Bonchev–Trinajstić information content (AvgIpc) is 2.51. The molecule has 0 N–H and O–H groups in total. The van der Waals surface area contributed by atoms with Gasteiger partial charge in [0.1, 0.15) is 0 Å². The lowest BCUT2D eigenvalue weighted by atomic mass is 10.1. The number of aryl methyl sites for hydroxylation is 2. The fourth-order valence-corrected chi connectivity index (χ4v) is 2.34. The molecular formula is C16H15N3O2. The fraction of sp³-hybridized carbons (Fsp3) is 0.188. The molecule has 5 nitrogen and oxygen atoms in total. The molecule has 0 atom stereocenters. The van der Waals surface area contributed by atoms with Gasteiger partial charge in [-0.3, -0.25) is 13.9 Å². The van der Waals surface area contributed by atoms with E-state index in [0.717, 1.165) is 21.4 Å². The molecule has 0 bridgehead atoms. The second-order valence-corrected chi connectivity index (χ2v) is 5.14. The van der Waals surface area contributed by atoms with Crippen molar-refractivity contribution in [3.05, 3.63) is 62.8 Å². The van der Waals surface area contributed by atoms with Crippen molar-refractivity contribution in [2.45, 2.75) is 6.92 Å². The summed E-state index contributed by atoms with van der Waals surface area (Å²) < 4.78 is 2.51. The van der Waals surface area contributed by atoms with Crippen LogP contribution in [0.5, 0.6) is 0 Å². The second-order valence-electron chi connectivity index (χ2n) is 5.14. The second kappa shape index (κ2) is 4.70. The maximum atomic E-state index is 12.2. The molecule has 21 heavy (non-hydrogen) atoms. The van der Waals surface area contributed by atoms with Gasteiger partial charge in [-0.2, -0.15) is 0 Å². The highest BCUT2D eigenvalue weighted by atomic mass is 16.2. The van der Waals surface area contributed by atoms with Gasteiger partial charge in [-0.15, -0.1) is 0 Å². The summed E-state index contributed by atoms with van der Waals surface area (Å²) >= 11 is 0. The first kappa shape index (κ1) is 13.3. The van der Waals surface area contributed by atoms with E-state index in [4.69, 9.17) is 0 Å². The quantitative estimate of drug-likeness (QED) is 0.681. The number of fused-ring (bicyclic) bond motifs is 1. The number of aromatic nitrogens is 3. The highest BCUT2D eigenvalue weighted by molar-refractivity contribution is 5.77. The zero-order chi connectivity index (χ0) is 15.1. The summed E-state index contributed by atoms with van der Waals surface area (Å²) in [6.45, 7) is 2.02. The number of hydrogen-bond acceptors (Lipinski definition) is 3. The molecule has 5 heteroatoms. The topological polar surface area (TPSA) is 56.9 Å². The molecule has 0 aliphatic carbocycles. The lowest BCUT2D eigenvalue weighted by molar-refractivity contribution is 0.711. The van der Waals surface area contributed by atoms with Crippen LogP contribution < -0.4 is 11.2 Å². The summed E-state index contributed by atoms with van der Waals surface area (Å²) in [5.41, 5.74) is 2.95. The number of benzene rings is 1. The molecule has 0 spiro atoms. The molecule has 0 fully saturated rings. The zero-order valence-electron chi connectivity index (χ0n) is 12.1. The molecule has 2 heterocycles. The SMILES string of the molecule is Cc1ccc(-c2ccc3c(n2)c(=O)n(C)c(=O)n3C)cc1. The molecule has 0 amide bonds. The molecule has 0 radical (unpaired) electrons. The summed E-state index contributed by atoms with van der Waals surface area (Å²) in [6, 6.07) is 11.5. The Morgan fingerprint density at radius 2 is 1.57 bits per heavy atom. The van der Waals surface area contributed by atoms with Gasteiger partial charge in [0.05, 0.1) is 11.2 Å². The Labute approximate surface area is 121 Å². The molecule has 106 valence electrons. The number of pyridine rings is 1. The van der Waals surface area contributed by atoms with Crippen LogP contribution in [0.2, 0.25) is 0 Å². The third-order valence-corrected chi connectivity index (χ3v) is 3.66. The van der Waals surface area contributed by atoms with E-state index in [1.165, 1.54) is 11.6 Å². The highest BCUT2D eigenvalue weighted by Gasteiger charge is 2.10. The normalized spacial score (nSPS) is 11.0. The van der Waals surface area contributed by atoms with Crippen molar-refractivity contribution in [1.29, 1.82) is 0 Å². The maximum absolute atomic E-state index is 12.2. The zero-order valence-corrected chi connectivity index (χ0v) is 12.1. The van der Waals surface area contributed by atoms with Gasteiger partial charge in [0.25, 0.3) is 5.56 Å². The molecule has 1 aromatic carbocycles. The number of nitrogens with zero attached hydrogens (tertiary/aromatic N) is 3. The van der Waals surface area contributed by atoms with E-state index in [-0.39, 0.29) is 11.2 Å². The standard InChI is InChI=1S/C16H15N3O2/c1-10-4-6-11(7-5-10)12-8-9-13-14(17-12)15(20)19(3)16(21)18(13)2/h4-9H,1-3H3. The van der Waals surface area contributed by atoms with Gasteiger partial charge >= 0.3 is 5.69 Å². The minimum Gasteiger partial charge on any atom is -0.295 e. The number of rotatable bonds is 1. The van der Waals surface area contributed by atoms with Crippen LogP contribution in [0.4, 0.5) is 0 Å². The Morgan fingerprint density at radius 3 is 2.24 bits per heavy atom. The van der Waals surface area contributed by atoms with Crippen molar-refractivity contribution in [1.82, 2.24) is 14.1 Å². The van der Waals surface area contributed by atoms with Crippen LogP contribution >= 0.6 is 0 Å². The van der Waals surface area contributed by atoms with Crippen LogP contribution in [0, 0.1) is 6.92 Å². The van der Waals surface area contributed by atoms with Crippen LogP contribution in [0.1, 0.15) is 5.56 Å². The van der Waals surface area contributed by atoms with Crippen molar-refractivity contribution in [2.24, 2.45) is 14.1 Å². The smallest absolute Gasteiger partial charge is 0.295 e. The first-order chi connectivity index (χ1) is 9.99. The summed E-state index contributed by atoms with van der Waals surface area (Å²) in [4.78, 5) is 28.6. The summed E-state index contributed by atoms with van der Waals surface area (Å²) in [5.74, 6) is 0. The summed E-state index contributed by atoms with van der Waals surface area (Å²) in [7, 11) is 3.10. The van der Waals surface area contributed by atoms with Gasteiger partial charge in [-0.05, 0) is 19.1 Å². The first-order valence-electron chi connectivity index (χ1n) is 6.63. The molecule has 2 aromatic heterocycles. The van der Waals surface area contributed by atoms with E-state index in [1.54, 1.807) is 13.1 Å². The first-order valence-corrected chi connectivity index (χ1v) is 6.63. The van der Waals surface area contributed by atoms with Crippen LogP contribution in [-0.4, -0.2) is 14.1 Å². The van der Waals surface area contributed by atoms with E-state index in [0.29, 0.717) is 11.0 Å². The van der Waals surface area contributed by atoms with E-state index in [1.807, 2.05) is 37.3 Å². The monoisotopic (exact) mass is 281 g/mol. The van der Waals surface area contributed by atoms with E-state index < -0.39 is 0 Å². The third-order valence-electron chi connectivity index (χ3n) is 3.66. The molecule has 0 aliphatic heterocycles. The van der Waals surface area contributed by atoms with E-state index >= 15 is 0 Å². The van der Waals surface area contributed by atoms with Gasteiger partial charge in [0.15, 0.2) is 5.52 Å². The maximum Gasteiger partial charge on any atom is 0.331 e. The predicted molar refractivity (Wildman–Crippen MR) is 82.4 cm³/mol. The molecule has 0 unspecified atom stereocenters. The van der Waals surface area contributed by atoms with Crippen molar-refractivity contribution in [3.8, 4) is 11.3 Å². The Balaban J connectivity index is 2.33. The molecule has 3 aromatic rings. The minimum absolute atomic E-state index is 0.303. The van der Waals surface area contributed by atoms with Crippen molar-refractivity contribution in [3.63, 3.8) is 0 Å². The van der Waals surface area contributed by atoms with Crippen molar-refractivity contribution in [2.75, 3.05) is 0 Å². The van der Waals surface area contributed by atoms with Crippen LogP contribution in [-0.2, 0) is 14.1 Å². The minimum atomic E-state index is -0.373. The fourth-order valence-electron chi connectivity index (χ4n) is 2.34. The summed E-state index contributed by atoms with van der Waals surface area (Å²) in [6.07, 6.45) is 0. The van der Waals surface area contributed by atoms with Gasteiger partial charge < -0.3 is 0 Å². The molecule has 0 saturated heterocycles. The van der Waals surface area contributed by atoms with E-state index in [9.17, 15) is 9.59 Å². The molecular weight excluding hydrogens is 266 g/mol. The van der Waals surface area contributed by atoms with Gasteiger partial charge in [0, 0.05) is 19.7 Å². The lowest BCUT2D eigenvalue weighted by Gasteiger charge is -2.08. The van der Waals surface area contributed by atoms with E-state index in [2.05, 4.69) is 4.98 Å². The average molecular weight is 281 g/mol. The molecule has 0 aliphatic rings. The summed E-state index contributed by atoms with van der Waals surface area (Å²) in [5, 5.41) is 0. The van der Waals surface area contributed by atoms with Gasteiger partial charge in [-0.25, -0.2) is 9.78 Å². The lowest BCUT2D eigenvalue weighted by Crippen LogP contribution is -2.37.